The van der Waals surface area contributed by atoms with Crippen LogP contribution < -0.4 is 11.5 Å². The van der Waals surface area contributed by atoms with E-state index in [-0.39, 0.29) is 0 Å². The zero-order chi connectivity index (χ0) is 13.1. The number of carbonyl (C=O) groups is 1. The second-order valence-corrected chi connectivity index (χ2v) is 5.42. The summed E-state index contributed by atoms with van der Waals surface area (Å²) in [4.78, 5) is 16.4. The van der Waals surface area contributed by atoms with E-state index < -0.39 is 5.91 Å². The molecule has 18 heavy (non-hydrogen) atoms. The maximum absolute atomic E-state index is 11.2. The minimum atomic E-state index is -0.552. The third kappa shape index (κ3) is 2.83. The number of primary amides is 1. The summed E-state index contributed by atoms with van der Waals surface area (Å²) in [5.41, 5.74) is 11.5. The van der Waals surface area contributed by atoms with Crippen molar-refractivity contribution in [2.75, 3.05) is 5.73 Å². The number of nitrogen functional groups attached to an aromatic ring is 1. The molecule has 0 saturated heterocycles. The zero-order valence-corrected chi connectivity index (χ0v) is 11.7. The predicted octanol–water partition coefficient (Wildman–Crippen LogP) is 2.68. The minimum Gasteiger partial charge on any atom is -0.397 e. The summed E-state index contributed by atoms with van der Waals surface area (Å²) < 4.78 is 0.967. The van der Waals surface area contributed by atoms with Gasteiger partial charge >= 0.3 is 0 Å². The Morgan fingerprint density at radius 2 is 2.06 bits per heavy atom. The molecule has 1 heterocycles. The number of aromatic nitrogens is 1. The van der Waals surface area contributed by atoms with E-state index in [1.54, 1.807) is 6.07 Å². The van der Waals surface area contributed by atoms with Gasteiger partial charge in [0.25, 0.3) is 5.91 Å². The highest BCUT2D eigenvalue weighted by Crippen LogP contribution is 2.32. The Morgan fingerprint density at radius 3 is 2.72 bits per heavy atom. The maximum atomic E-state index is 11.2. The van der Waals surface area contributed by atoms with Gasteiger partial charge in [0.05, 0.1) is 17.4 Å². The quantitative estimate of drug-likeness (QED) is 0.909. The largest absolute Gasteiger partial charge is 0.397 e. The molecule has 0 saturated carbocycles. The fourth-order valence-electron chi connectivity index (χ4n) is 1.36. The Balaban J connectivity index is 2.33. The van der Waals surface area contributed by atoms with Gasteiger partial charge in [0.1, 0.15) is 5.03 Å². The van der Waals surface area contributed by atoms with E-state index in [0.717, 1.165) is 9.37 Å². The fourth-order valence-corrected chi connectivity index (χ4v) is 2.70. The van der Waals surface area contributed by atoms with Gasteiger partial charge in [-0.15, -0.1) is 0 Å². The van der Waals surface area contributed by atoms with Gasteiger partial charge in [-0.25, -0.2) is 4.98 Å². The molecule has 0 atom stereocenters. The summed E-state index contributed by atoms with van der Waals surface area (Å²) in [5.74, 6) is -0.552. The van der Waals surface area contributed by atoms with E-state index in [1.807, 2.05) is 24.3 Å². The Hall–Kier alpha value is -1.53. The van der Waals surface area contributed by atoms with Gasteiger partial charge in [-0.3, -0.25) is 4.79 Å². The molecule has 1 aromatic heterocycles. The van der Waals surface area contributed by atoms with Crippen molar-refractivity contribution < 1.29 is 4.79 Å². The second-order valence-electron chi connectivity index (χ2n) is 3.51. The molecule has 0 radical (unpaired) electrons. The molecule has 0 aliphatic carbocycles. The summed E-state index contributed by atoms with van der Waals surface area (Å²) >= 11 is 4.88. The first kappa shape index (κ1) is 12.9. The molecule has 0 fully saturated rings. The first-order valence-electron chi connectivity index (χ1n) is 5.05. The van der Waals surface area contributed by atoms with Gasteiger partial charge < -0.3 is 11.5 Å². The molecule has 2 rings (SSSR count). The Bertz CT molecular complexity index is 604. The van der Waals surface area contributed by atoms with E-state index in [0.29, 0.717) is 16.3 Å². The van der Waals surface area contributed by atoms with Crippen LogP contribution in [0.15, 0.2) is 50.9 Å². The minimum absolute atomic E-state index is 0.291. The number of amides is 1. The van der Waals surface area contributed by atoms with Gasteiger partial charge in [-0.2, -0.15) is 0 Å². The maximum Gasteiger partial charge on any atom is 0.250 e. The number of pyridine rings is 1. The van der Waals surface area contributed by atoms with Gasteiger partial charge in [-0.1, -0.05) is 23.9 Å². The van der Waals surface area contributed by atoms with E-state index >= 15 is 0 Å². The number of rotatable bonds is 3. The number of nitrogens with two attached hydrogens (primary N) is 2. The van der Waals surface area contributed by atoms with Gasteiger partial charge in [0.15, 0.2) is 0 Å². The number of benzene rings is 1. The third-order valence-corrected chi connectivity index (χ3v) is 4.19. The molecular formula is C12H10BrN3OS. The van der Waals surface area contributed by atoms with Crippen molar-refractivity contribution in [2.45, 2.75) is 9.92 Å². The van der Waals surface area contributed by atoms with Crippen molar-refractivity contribution in [1.82, 2.24) is 4.98 Å². The molecule has 1 amide bonds. The number of hydrogen-bond donors (Lipinski definition) is 2. The van der Waals surface area contributed by atoms with E-state index in [4.69, 9.17) is 11.5 Å². The molecule has 4 nitrogen and oxygen atoms in total. The van der Waals surface area contributed by atoms with Crippen LogP contribution in [0.2, 0.25) is 0 Å². The van der Waals surface area contributed by atoms with Crippen molar-refractivity contribution in [3.63, 3.8) is 0 Å². The SMILES string of the molecule is NC(=O)c1cc(Sc2ccccc2Br)ncc1N. The molecule has 92 valence electrons. The summed E-state index contributed by atoms with van der Waals surface area (Å²) in [6.07, 6.45) is 1.44. The molecule has 0 aliphatic heterocycles. The molecule has 6 heteroatoms. The predicted molar refractivity (Wildman–Crippen MR) is 75.4 cm³/mol. The molecule has 2 aromatic rings. The van der Waals surface area contributed by atoms with Crippen molar-refractivity contribution in [1.29, 1.82) is 0 Å². The highest BCUT2D eigenvalue weighted by Gasteiger charge is 2.09. The third-order valence-electron chi connectivity index (χ3n) is 2.23. The summed E-state index contributed by atoms with van der Waals surface area (Å²) in [5, 5.41) is 0.671. The average molecular weight is 324 g/mol. The van der Waals surface area contributed by atoms with Crippen LogP contribution in [-0.4, -0.2) is 10.9 Å². The Labute approximate surface area is 117 Å². The normalized spacial score (nSPS) is 10.3. The number of halogens is 1. The van der Waals surface area contributed by atoms with Crippen LogP contribution in [0, 0.1) is 0 Å². The van der Waals surface area contributed by atoms with Gasteiger partial charge in [0.2, 0.25) is 0 Å². The molecular weight excluding hydrogens is 314 g/mol. The first-order chi connectivity index (χ1) is 8.58. The van der Waals surface area contributed by atoms with Gasteiger partial charge in [0, 0.05) is 9.37 Å². The zero-order valence-electron chi connectivity index (χ0n) is 9.26. The number of carbonyl (C=O) groups excluding carboxylic acids is 1. The van der Waals surface area contributed by atoms with Crippen LogP contribution in [-0.2, 0) is 0 Å². The molecule has 1 aromatic carbocycles. The lowest BCUT2D eigenvalue weighted by Gasteiger charge is -2.06. The Morgan fingerprint density at radius 1 is 1.33 bits per heavy atom. The van der Waals surface area contributed by atoms with E-state index in [9.17, 15) is 4.79 Å². The van der Waals surface area contributed by atoms with Crippen molar-refractivity contribution in [2.24, 2.45) is 5.73 Å². The number of hydrogen-bond acceptors (Lipinski definition) is 4. The van der Waals surface area contributed by atoms with E-state index in [2.05, 4.69) is 20.9 Å². The summed E-state index contributed by atoms with van der Waals surface area (Å²) in [7, 11) is 0. The average Bonchev–Trinajstić information content (AvgIpc) is 2.34. The van der Waals surface area contributed by atoms with Crippen LogP contribution in [0.5, 0.6) is 0 Å². The lowest BCUT2D eigenvalue weighted by Crippen LogP contribution is -2.13. The highest BCUT2D eigenvalue weighted by atomic mass is 79.9. The van der Waals surface area contributed by atoms with Crippen molar-refractivity contribution in [3.8, 4) is 0 Å². The standard InChI is InChI=1S/C12H10BrN3OS/c13-8-3-1-2-4-10(8)18-11-5-7(12(15)17)9(14)6-16-11/h1-6H,14H2,(H2,15,17). The summed E-state index contributed by atoms with van der Waals surface area (Å²) in [6.45, 7) is 0. The number of nitrogens with zero attached hydrogens (tertiary/aromatic N) is 1. The van der Waals surface area contributed by atoms with Crippen LogP contribution in [0.4, 0.5) is 5.69 Å². The lowest BCUT2D eigenvalue weighted by molar-refractivity contribution is 0.100. The second kappa shape index (κ2) is 5.41. The van der Waals surface area contributed by atoms with Crippen molar-refractivity contribution >= 4 is 39.3 Å². The van der Waals surface area contributed by atoms with Crippen LogP contribution in [0.25, 0.3) is 0 Å². The fraction of sp³-hybridized carbons (Fsp3) is 0. The van der Waals surface area contributed by atoms with Crippen molar-refractivity contribution in [3.05, 3.63) is 46.6 Å². The highest BCUT2D eigenvalue weighted by molar-refractivity contribution is 9.10. The number of anilines is 1. The smallest absolute Gasteiger partial charge is 0.250 e. The topological polar surface area (TPSA) is 82.0 Å². The van der Waals surface area contributed by atoms with Crippen LogP contribution >= 0.6 is 27.7 Å². The molecule has 0 unspecified atom stereocenters. The molecule has 4 N–H and O–H groups in total. The monoisotopic (exact) mass is 323 g/mol. The van der Waals surface area contributed by atoms with Crippen LogP contribution in [0.1, 0.15) is 10.4 Å². The lowest BCUT2D eigenvalue weighted by atomic mass is 10.2. The van der Waals surface area contributed by atoms with E-state index in [1.165, 1.54) is 18.0 Å². The first-order valence-corrected chi connectivity index (χ1v) is 6.66. The molecule has 0 spiro atoms. The summed E-state index contributed by atoms with van der Waals surface area (Å²) in [6, 6.07) is 9.35. The van der Waals surface area contributed by atoms with Gasteiger partial charge in [-0.05, 0) is 34.1 Å². The van der Waals surface area contributed by atoms with Crippen LogP contribution in [0.3, 0.4) is 0 Å². The molecule has 0 bridgehead atoms. The Kier molecular flexibility index (Phi) is 3.88. The molecule has 0 aliphatic rings.